The van der Waals surface area contributed by atoms with E-state index in [4.69, 9.17) is 0 Å². The van der Waals surface area contributed by atoms with Crippen LogP contribution >= 0.6 is 0 Å². The standard InChI is InChI=1S/C15H9F3O4/c16-15(17,18)9-5-6-14(12(19)20,13(21)22)11-8-4-2-1-3-7(8)10(9)11/h1-5H,6H2,(H,19,20)(H,21,22). The van der Waals surface area contributed by atoms with E-state index in [1.54, 1.807) is 0 Å². The molecule has 1 aromatic rings. The summed E-state index contributed by atoms with van der Waals surface area (Å²) in [5, 5.41) is 18.7. The molecule has 114 valence electrons. The number of hydrogen-bond acceptors (Lipinski definition) is 2. The summed E-state index contributed by atoms with van der Waals surface area (Å²) in [6.45, 7) is 0. The van der Waals surface area contributed by atoms with Crippen molar-refractivity contribution in [2.45, 2.75) is 12.6 Å². The lowest BCUT2D eigenvalue weighted by Crippen LogP contribution is -2.45. The molecule has 0 spiro atoms. The first kappa shape index (κ1) is 14.4. The van der Waals surface area contributed by atoms with Crippen LogP contribution in [0, 0.1) is 5.41 Å². The van der Waals surface area contributed by atoms with Gasteiger partial charge in [0.15, 0.2) is 5.41 Å². The Labute approximate surface area is 122 Å². The van der Waals surface area contributed by atoms with Gasteiger partial charge in [0.05, 0.1) is 5.57 Å². The average molecular weight is 310 g/mol. The molecule has 0 radical (unpaired) electrons. The summed E-state index contributed by atoms with van der Waals surface area (Å²) in [6.07, 6.45) is -4.74. The number of aliphatic carboxylic acids is 2. The first-order chi connectivity index (χ1) is 10.2. The topological polar surface area (TPSA) is 74.6 Å². The molecule has 0 saturated heterocycles. The summed E-state index contributed by atoms with van der Waals surface area (Å²) in [5.41, 5.74) is -3.46. The number of allylic oxidation sites excluding steroid dienone is 3. The fourth-order valence-electron chi connectivity index (χ4n) is 3.05. The van der Waals surface area contributed by atoms with Crippen LogP contribution in [0.15, 0.2) is 35.9 Å². The summed E-state index contributed by atoms with van der Waals surface area (Å²) < 4.78 is 39.4. The zero-order chi connectivity index (χ0) is 16.3. The van der Waals surface area contributed by atoms with Crippen molar-refractivity contribution >= 4 is 23.1 Å². The number of carboxylic acid groups (broad SMARTS) is 2. The number of alkyl halides is 3. The number of fused-ring (bicyclic) bond motifs is 3. The Balaban J connectivity index is 2.30. The van der Waals surface area contributed by atoms with Crippen molar-refractivity contribution in [2.75, 3.05) is 0 Å². The summed E-state index contributed by atoms with van der Waals surface area (Å²) >= 11 is 0. The van der Waals surface area contributed by atoms with E-state index < -0.39 is 35.5 Å². The largest absolute Gasteiger partial charge is 0.480 e. The van der Waals surface area contributed by atoms with Crippen LogP contribution in [0.25, 0.3) is 11.1 Å². The van der Waals surface area contributed by atoms with Crippen LogP contribution in [0.4, 0.5) is 13.2 Å². The predicted molar refractivity (Wildman–Crippen MR) is 69.7 cm³/mol. The molecule has 4 nitrogen and oxygen atoms in total. The van der Waals surface area contributed by atoms with Crippen LogP contribution in [0.3, 0.4) is 0 Å². The molecule has 0 bridgehead atoms. The molecule has 2 N–H and O–H groups in total. The fraction of sp³-hybridized carbons (Fsp3) is 0.200. The number of benzene rings is 1. The zero-order valence-electron chi connectivity index (χ0n) is 10.9. The first-order valence-electron chi connectivity index (χ1n) is 6.30. The van der Waals surface area contributed by atoms with Crippen molar-refractivity contribution in [1.82, 2.24) is 0 Å². The third-order valence-corrected chi connectivity index (χ3v) is 4.06. The van der Waals surface area contributed by atoms with Crippen molar-refractivity contribution in [3.63, 3.8) is 0 Å². The zero-order valence-corrected chi connectivity index (χ0v) is 10.9. The Hall–Kier alpha value is -2.57. The number of rotatable bonds is 2. The molecule has 3 rings (SSSR count). The van der Waals surface area contributed by atoms with Gasteiger partial charge in [0, 0.05) is 0 Å². The van der Waals surface area contributed by atoms with E-state index in [0.717, 1.165) is 0 Å². The molecule has 22 heavy (non-hydrogen) atoms. The molecule has 0 saturated carbocycles. The van der Waals surface area contributed by atoms with Crippen molar-refractivity contribution in [3.8, 4) is 0 Å². The van der Waals surface area contributed by atoms with E-state index in [9.17, 15) is 33.0 Å². The van der Waals surface area contributed by atoms with Crippen molar-refractivity contribution in [3.05, 3.63) is 47.0 Å². The van der Waals surface area contributed by atoms with Gasteiger partial charge in [0.2, 0.25) is 0 Å². The van der Waals surface area contributed by atoms with Crippen LogP contribution in [-0.4, -0.2) is 28.3 Å². The molecule has 0 amide bonds. The fourth-order valence-corrected chi connectivity index (χ4v) is 3.05. The molecule has 2 aliphatic carbocycles. The molecular weight excluding hydrogens is 301 g/mol. The number of halogens is 3. The van der Waals surface area contributed by atoms with Crippen molar-refractivity contribution in [1.29, 1.82) is 0 Å². The maximum Gasteiger partial charge on any atom is 0.416 e. The Morgan fingerprint density at radius 1 is 1.05 bits per heavy atom. The lowest BCUT2D eigenvalue weighted by atomic mass is 9.60. The van der Waals surface area contributed by atoms with Gasteiger partial charge in [-0.15, -0.1) is 0 Å². The average Bonchev–Trinajstić information content (AvgIpc) is 2.41. The number of hydrogen-bond donors (Lipinski definition) is 2. The highest BCUT2D eigenvalue weighted by molar-refractivity contribution is 6.24. The quantitative estimate of drug-likeness (QED) is 0.824. The van der Waals surface area contributed by atoms with E-state index in [1.165, 1.54) is 24.3 Å². The summed E-state index contributed by atoms with van der Waals surface area (Å²) in [5.74, 6) is -3.33. The highest BCUT2D eigenvalue weighted by Crippen LogP contribution is 2.59. The number of carbonyl (C=O) groups is 2. The minimum atomic E-state index is -4.67. The van der Waals surface area contributed by atoms with Crippen molar-refractivity contribution < 1.29 is 33.0 Å². The number of carboxylic acids is 2. The Bertz CT molecular complexity index is 757. The van der Waals surface area contributed by atoms with Gasteiger partial charge < -0.3 is 10.2 Å². The third kappa shape index (κ3) is 1.59. The minimum absolute atomic E-state index is 0.229. The molecule has 0 unspecified atom stereocenters. The second-order valence-corrected chi connectivity index (χ2v) is 5.13. The Morgan fingerprint density at radius 3 is 2.09 bits per heavy atom. The maximum atomic E-state index is 13.1. The molecule has 1 aromatic carbocycles. The second kappa shape index (κ2) is 4.22. The van der Waals surface area contributed by atoms with Crippen LogP contribution < -0.4 is 0 Å². The summed E-state index contributed by atoms with van der Waals surface area (Å²) in [4.78, 5) is 23.1. The molecule has 0 heterocycles. The van der Waals surface area contributed by atoms with Gasteiger partial charge in [0.1, 0.15) is 0 Å². The summed E-state index contributed by atoms with van der Waals surface area (Å²) in [7, 11) is 0. The lowest BCUT2D eigenvalue weighted by molar-refractivity contribution is -0.159. The highest BCUT2D eigenvalue weighted by atomic mass is 19.4. The molecule has 0 aromatic heterocycles. The van der Waals surface area contributed by atoms with Gasteiger partial charge in [-0.1, -0.05) is 30.3 Å². The molecule has 7 heteroatoms. The Morgan fingerprint density at radius 2 is 1.59 bits per heavy atom. The SMILES string of the molecule is O=C(O)C1(C(=O)O)CC=C(C(F)(F)F)C2=C1c1ccccc12. The van der Waals surface area contributed by atoms with Crippen LogP contribution in [0.5, 0.6) is 0 Å². The van der Waals surface area contributed by atoms with E-state index >= 15 is 0 Å². The Kier molecular flexibility index (Phi) is 2.76. The predicted octanol–water partition coefficient (Wildman–Crippen LogP) is 2.96. The van der Waals surface area contributed by atoms with Gasteiger partial charge in [0.25, 0.3) is 0 Å². The van der Waals surface area contributed by atoms with Crippen LogP contribution in [0.1, 0.15) is 17.5 Å². The van der Waals surface area contributed by atoms with Gasteiger partial charge >= 0.3 is 18.1 Å². The smallest absolute Gasteiger partial charge is 0.416 e. The van der Waals surface area contributed by atoms with Gasteiger partial charge in [-0.3, -0.25) is 9.59 Å². The normalized spacial score (nSPS) is 18.8. The molecule has 0 atom stereocenters. The minimum Gasteiger partial charge on any atom is -0.480 e. The highest BCUT2D eigenvalue weighted by Gasteiger charge is 2.58. The molecular formula is C15H9F3O4. The van der Waals surface area contributed by atoms with Gasteiger partial charge in [-0.25, -0.2) is 0 Å². The van der Waals surface area contributed by atoms with Crippen LogP contribution in [-0.2, 0) is 9.59 Å². The van der Waals surface area contributed by atoms with Crippen LogP contribution in [0.2, 0.25) is 0 Å². The maximum absolute atomic E-state index is 13.1. The van der Waals surface area contributed by atoms with E-state index in [1.807, 2.05) is 0 Å². The summed E-state index contributed by atoms with van der Waals surface area (Å²) in [6, 6.07) is 5.92. The lowest BCUT2D eigenvalue weighted by Gasteiger charge is -2.41. The molecule has 0 fully saturated rings. The second-order valence-electron chi connectivity index (χ2n) is 5.13. The van der Waals surface area contributed by atoms with Gasteiger partial charge in [-0.2, -0.15) is 13.2 Å². The van der Waals surface area contributed by atoms with Crippen molar-refractivity contribution in [2.24, 2.45) is 5.41 Å². The van der Waals surface area contributed by atoms with Gasteiger partial charge in [-0.05, 0) is 28.7 Å². The van der Waals surface area contributed by atoms with E-state index in [-0.39, 0.29) is 22.3 Å². The molecule has 2 aliphatic rings. The monoisotopic (exact) mass is 310 g/mol. The van der Waals surface area contributed by atoms with E-state index in [0.29, 0.717) is 6.08 Å². The first-order valence-corrected chi connectivity index (χ1v) is 6.30. The third-order valence-electron chi connectivity index (χ3n) is 4.06. The molecule has 0 aliphatic heterocycles. The van der Waals surface area contributed by atoms with E-state index in [2.05, 4.69) is 0 Å².